The first-order chi connectivity index (χ1) is 16.9. The number of amides is 4. The number of primary amides is 1. The molecule has 12 nitrogen and oxygen atoms in total. The van der Waals surface area contributed by atoms with E-state index in [-0.39, 0.29) is 12.2 Å². The number of rotatable bonds is 13. The number of hydrogen-bond donors (Lipinski definition) is 8. The molecule has 0 aliphatic heterocycles. The summed E-state index contributed by atoms with van der Waals surface area (Å²) in [6, 6.07) is 2.58. The number of carbonyl (C=O) groups excluding carboxylic acids is 4. The third kappa shape index (κ3) is 7.71. The minimum absolute atomic E-state index is 0.0372. The number of carboxylic acid groups (broad SMARTS) is 1. The Kier molecular flexibility index (Phi) is 10.3. The van der Waals surface area contributed by atoms with Gasteiger partial charge in [-0.25, -0.2) is 4.79 Å². The molecule has 36 heavy (non-hydrogen) atoms. The quantitative estimate of drug-likeness (QED) is 0.155. The van der Waals surface area contributed by atoms with Crippen LogP contribution in [0.3, 0.4) is 0 Å². The van der Waals surface area contributed by atoms with E-state index in [1.807, 2.05) is 24.3 Å². The molecule has 13 heteroatoms. The third-order valence-corrected chi connectivity index (χ3v) is 5.90. The molecule has 0 aliphatic carbocycles. The Labute approximate surface area is 213 Å². The van der Waals surface area contributed by atoms with Crippen LogP contribution in [0, 0.1) is 5.92 Å². The molecule has 1 aromatic heterocycles. The highest BCUT2D eigenvalue weighted by molar-refractivity contribution is 7.80. The lowest BCUT2D eigenvalue weighted by atomic mass is 10.0. The zero-order chi connectivity index (χ0) is 27.0. The summed E-state index contributed by atoms with van der Waals surface area (Å²) >= 11 is 4.11. The molecule has 0 fully saturated rings. The monoisotopic (exact) mass is 520 g/mol. The fourth-order valence-corrected chi connectivity index (χ4v) is 3.81. The summed E-state index contributed by atoms with van der Waals surface area (Å²) < 4.78 is 0. The molecule has 9 N–H and O–H groups in total. The minimum Gasteiger partial charge on any atom is -0.480 e. The molecule has 2 rings (SSSR count). The van der Waals surface area contributed by atoms with E-state index >= 15 is 0 Å². The van der Waals surface area contributed by atoms with Crippen LogP contribution in [0.4, 0.5) is 0 Å². The van der Waals surface area contributed by atoms with Gasteiger partial charge in [0.25, 0.3) is 0 Å². The molecule has 4 unspecified atom stereocenters. The van der Waals surface area contributed by atoms with Crippen molar-refractivity contribution in [1.82, 2.24) is 20.9 Å². The summed E-state index contributed by atoms with van der Waals surface area (Å²) in [7, 11) is 0. The normalized spacial score (nSPS) is 14.5. The summed E-state index contributed by atoms with van der Waals surface area (Å²) in [6.07, 6.45) is 1.32. The summed E-state index contributed by atoms with van der Waals surface area (Å²) in [6.45, 7) is 3.27. The largest absolute Gasteiger partial charge is 0.480 e. The molecule has 0 bridgehead atoms. The third-order valence-electron chi connectivity index (χ3n) is 5.54. The molecule has 0 radical (unpaired) electrons. The van der Waals surface area contributed by atoms with Gasteiger partial charge >= 0.3 is 5.97 Å². The van der Waals surface area contributed by atoms with Crippen molar-refractivity contribution < 1.29 is 29.1 Å². The van der Waals surface area contributed by atoms with E-state index in [0.29, 0.717) is 5.56 Å². The zero-order valence-electron chi connectivity index (χ0n) is 20.0. The lowest BCUT2D eigenvalue weighted by Crippen LogP contribution is -2.58. The second-order valence-corrected chi connectivity index (χ2v) is 9.08. The number of aliphatic carboxylic acids is 1. The number of fused-ring (bicyclic) bond motifs is 1. The van der Waals surface area contributed by atoms with Crippen LogP contribution in [0.2, 0.25) is 0 Å². The van der Waals surface area contributed by atoms with Gasteiger partial charge in [-0.05, 0) is 17.5 Å². The van der Waals surface area contributed by atoms with Crippen LogP contribution in [-0.4, -0.2) is 69.6 Å². The van der Waals surface area contributed by atoms with Crippen molar-refractivity contribution in [2.24, 2.45) is 17.4 Å². The van der Waals surface area contributed by atoms with Crippen LogP contribution >= 0.6 is 12.6 Å². The maximum atomic E-state index is 13.2. The highest BCUT2D eigenvalue weighted by Gasteiger charge is 2.31. The SMILES string of the molecule is CC(C)C(NC(=O)C(CS)NC(=O)C(Cc1c[nH]c2ccccc12)NC(=O)C(N)CC(N)=O)C(=O)O. The van der Waals surface area contributed by atoms with Crippen LogP contribution in [0.5, 0.6) is 0 Å². The number of H-pyrrole nitrogens is 1. The van der Waals surface area contributed by atoms with E-state index in [9.17, 15) is 29.1 Å². The van der Waals surface area contributed by atoms with Gasteiger partial charge < -0.3 is 37.5 Å². The number of carboxylic acids is 1. The Balaban J connectivity index is 2.25. The topological polar surface area (TPSA) is 210 Å². The van der Waals surface area contributed by atoms with Crippen molar-refractivity contribution in [2.45, 2.75) is 50.9 Å². The van der Waals surface area contributed by atoms with Crippen LogP contribution in [-0.2, 0) is 30.4 Å². The Morgan fingerprint density at radius 1 is 1.00 bits per heavy atom. The fraction of sp³-hybridized carbons (Fsp3) is 0.435. The highest BCUT2D eigenvalue weighted by atomic mass is 32.1. The van der Waals surface area contributed by atoms with Crippen LogP contribution in [0.1, 0.15) is 25.8 Å². The first kappa shape index (κ1) is 28.7. The van der Waals surface area contributed by atoms with Gasteiger partial charge in [0, 0.05) is 29.3 Å². The highest BCUT2D eigenvalue weighted by Crippen LogP contribution is 2.19. The molecule has 2 aromatic rings. The fourth-order valence-electron chi connectivity index (χ4n) is 3.55. The van der Waals surface area contributed by atoms with E-state index in [2.05, 4.69) is 33.6 Å². The van der Waals surface area contributed by atoms with E-state index in [4.69, 9.17) is 11.5 Å². The molecule has 0 aliphatic rings. The number of nitrogens with two attached hydrogens (primary N) is 2. The van der Waals surface area contributed by atoms with Crippen molar-refractivity contribution >= 4 is 53.1 Å². The molecule has 4 atom stereocenters. The lowest BCUT2D eigenvalue weighted by Gasteiger charge is -2.25. The van der Waals surface area contributed by atoms with Crippen LogP contribution in [0.25, 0.3) is 10.9 Å². The first-order valence-corrected chi connectivity index (χ1v) is 11.9. The average Bonchev–Trinajstić information content (AvgIpc) is 3.22. The second kappa shape index (κ2) is 12.9. The van der Waals surface area contributed by atoms with Gasteiger partial charge in [0.15, 0.2) is 0 Å². The van der Waals surface area contributed by atoms with Crippen molar-refractivity contribution in [3.05, 3.63) is 36.0 Å². The second-order valence-electron chi connectivity index (χ2n) is 8.71. The molecular weight excluding hydrogens is 488 g/mol. The zero-order valence-corrected chi connectivity index (χ0v) is 20.9. The van der Waals surface area contributed by atoms with Gasteiger partial charge in [0.2, 0.25) is 23.6 Å². The minimum atomic E-state index is -1.27. The van der Waals surface area contributed by atoms with Gasteiger partial charge in [-0.1, -0.05) is 32.0 Å². The summed E-state index contributed by atoms with van der Waals surface area (Å²) in [5, 5.41) is 17.6. The number of para-hydroxylation sites is 1. The molecular formula is C23H32N6O6S. The molecule has 4 amide bonds. The number of hydrogen-bond acceptors (Lipinski definition) is 7. The average molecular weight is 521 g/mol. The van der Waals surface area contributed by atoms with Crippen molar-refractivity contribution in [1.29, 1.82) is 0 Å². The van der Waals surface area contributed by atoms with Gasteiger partial charge in [-0.15, -0.1) is 0 Å². The van der Waals surface area contributed by atoms with E-state index in [1.165, 1.54) is 0 Å². The molecule has 0 saturated heterocycles. The smallest absolute Gasteiger partial charge is 0.326 e. The summed E-state index contributed by atoms with van der Waals surface area (Å²) in [4.78, 5) is 64.2. The lowest BCUT2D eigenvalue weighted by molar-refractivity contribution is -0.143. The van der Waals surface area contributed by atoms with Crippen LogP contribution in [0.15, 0.2) is 30.5 Å². The predicted octanol–water partition coefficient (Wildman–Crippen LogP) is -0.962. The summed E-state index contributed by atoms with van der Waals surface area (Å²) in [5.74, 6) is -4.74. The van der Waals surface area contributed by atoms with Gasteiger partial charge in [0.1, 0.15) is 18.1 Å². The van der Waals surface area contributed by atoms with Gasteiger partial charge in [-0.3, -0.25) is 19.2 Å². The summed E-state index contributed by atoms with van der Waals surface area (Å²) in [5.41, 5.74) is 12.4. The van der Waals surface area contributed by atoms with Crippen molar-refractivity contribution in [3.63, 3.8) is 0 Å². The number of thiol groups is 1. The van der Waals surface area contributed by atoms with Gasteiger partial charge in [-0.2, -0.15) is 12.6 Å². The van der Waals surface area contributed by atoms with Crippen LogP contribution < -0.4 is 27.4 Å². The Hall–Kier alpha value is -3.58. The molecule has 0 spiro atoms. The number of aromatic nitrogens is 1. The Morgan fingerprint density at radius 3 is 2.19 bits per heavy atom. The maximum absolute atomic E-state index is 13.2. The van der Waals surface area contributed by atoms with E-state index in [0.717, 1.165) is 10.9 Å². The molecule has 1 heterocycles. The van der Waals surface area contributed by atoms with Crippen molar-refractivity contribution in [3.8, 4) is 0 Å². The predicted molar refractivity (Wildman–Crippen MR) is 136 cm³/mol. The van der Waals surface area contributed by atoms with Crippen molar-refractivity contribution in [2.75, 3.05) is 5.75 Å². The standard InChI is InChI=1S/C23H32N6O6S/c1-11(2)19(23(34)35)29-22(33)17(10-36)28-21(32)16(27-20(31)14(24)8-18(25)30)7-12-9-26-15-6-4-3-5-13(12)15/h3-6,9,11,14,16-17,19,26,36H,7-8,10,24H2,1-2H3,(H2,25,30)(H,27,31)(H,28,32)(H,29,33)(H,34,35). The van der Waals surface area contributed by atoms with E-state index < -0.39 is 66.1 Å². The molecule has 0 saturated carbocycles. The number of carbonyl (C=O) groups is 5. The number of nitrogens with one attached hydrogen (secondary N) is 4. The molecule has 1 aromatic carbocycles. The number of aromatic amines is 1. The Bertz CT molecular complexity index is 1120. The van der Waals surface area contributed by atoms with E-state index in [1.54, 1.807) is 20.0 Å². The van der Waals surface area contributed by atoms with Gasteiger partial charge in [0.05, 0.1) is 12.5 Å². The maximum Gasteiger partial charge on any atom is 0.326 e. The molecule has 196 valence electrons. The number of benzene rings is 1. The first-order valence-electron chi connectivity index (χ1n) is 11.3. The Morgan fingerprint density at radius 2 is 1.61 bits per heavy atom.